The fraction of sp³-hybridized carbons (Fsp3) is 0.240. The van der Waals surface area contributed by atoms with Gasteiger partial charge in [0.1, 0.15) is 11.5 Å². The summed E-state index contributed by atoms with van der Waals surface area (Å²) in [5, 5.41) is 11.0. The Labute approximate surface area is 180 Å². The van der Waals surface area contributed by atoms with Gasteiger partial charge in [0.15, 0.2) is 0 Å². The first-order valence-electron chi connectivity index (χ1n) is 10.1. The number of hydrogen-bond donors (Lipinski definition) is 1. The number of pyridine rings is 1. The monoisotopic (exact) mass is 416 g/mol. The number of amides is 1. The lowest BCUT2D eigenvalue weighted by Crippen LogP contribution is -2.29. The van der Waals surface area contributed by atoms with Crippen LogP contribution in [0.15, 0.2) is 77.2 Å². The molecule has 31 heavy (non-hydrogen) atoms. The first kappa shape index (κ1) is 20.6. The van der Waals surface area contributed by atoms with Crippen LogP contribution in [0, 0.1) is 0 Å². The van der Waals surface area contributed by atoms with E-state index < -0.39 is 17.7 Å². The number of aromatic nitrogens is 1. The van der Waals surface area contributed by atoms with Crippen LogP contribution >= 0.6 is 0 Å². The SMILES string of the molecule is CC(C)(C)c1ccc(C2/C(=C(\O)c3ccncc3)C(=O)C(=O)N2Cc2ccco2)cc1. The molecular formula is C25H24N2O4. The lowest BCUT2D eigenvalue weighted by atomic mass is 9.85. The van der Waals surface area contributed by atoms with E-state index in [1.807, 2.05) is 24.3 Å². The van der Waals surface area contributed by atoms with Crippen molar-refractivity contribution in [3.63, 3.8) is 0 Å². The number of aliphatic hydroxyl groups excluding tert-OH is 1. The van der Waals surface area contributed by atoms with Crippen LogP contribution in [0.4, 0.5) is 0 Å². The quantitative estimate of drug-likeness (QED) is 0.382. The number of likely N-dealkylation sites (tertiary alicyclic amines) is 1. The van der Waals surface area contributed by atoms with Crippen molar-refractivity contribution in [1.82, 2.24) is 9.88 Å². The standard InChI is InChI=1S/C25H24N2O4/c1-25(2,3)18-8-6-16(7-9-18)21-20(22(28)17-10-12-26-13-11-17)23(29)24(30)27(21)15-19-5-4-14-31-19/h4-14,21,28H,15H2,1-3H3/b22-20+. The molecule has 6 heteroatoms. The van der Waals surface area contributed by atoms with Crippen molar-refractivity contribution < 1.29 is 19.1 Å². The van der Waals surface area contributed by atoms with Crippen LogP contribution in [-0.4, -0.2) is 26.7 Å². The molecule has 0 bridgehead atoms. The van der Waals surface area contributed by atoms with E-state index in [-0.39, 0.29) is 23.3 Å². The van der Waals surface area contributed by atoms with Crippen molar-refractivity contribution in [2.24, 2.45) is 0 Å². The molecule has 158 valence electrons. The minimum Gasteiger partial charge on any atom is -0.507 e. The van der Waals surface area contributed by atoms with Crippen LogP contribution in [0.5, 0.6) is 0 Å². The maximum absolute atomic E-state index is 13.0. The van der Waals surface area contributed by atoms with Crippen molar-refractivity contribution in [1.29, 1.82) is 0 Å². The van der Waals surface area contributed by atoms with Crippen LogP contribution in [-0.2, 0) is 21.5 Å². The van der Waals surface area contributed by atoms with Crippen LogP contribution in [0.3, 0.4) is 0 Å². The molecule has 0 radical (unpaired) electrons. The largest absolute Gasteiger partial charge is 0.507 e. The van der Waals surface area contributed by atoms with Crippen LogP contribution in [0.2, 0.25) is 0 Å². The van der Waals surface area contributed by atoms with Gasteiger partial charge in [0.2, 0.25) is 0 Å². The van der Waals surface area contributed by atoms with E-state index in [1.165, 1.54) is 23.6 Å². The van der Waals surface area contributed by atoms with E-state index in [0.29, 0.717) is 11.3 Å². The second kappa shape index (κ2) is 7.87. The van der Waals surface area contributed by atoms with Gasteiger partial charge in [0.25, 0.3) is 11.7 Å². The molecule has 6 nitrogen and oxygen atoms in total. The lowest BCUT2D eigenvalue weighted by molar-refractivity contribution is -0.140. The van der Waals surface area contributed by atoms with Crippen LogP contribution < -0.4 is 0 Å². The highest BCUT2D eigenvalue weighted by atomic mass is 16.3. The summed E-state index contributed by atoms with van der Waals surface area (Å²) >= 11 is 0. The highest BCUT2D eigenvalue weighted by Crippen LogP contribution is 2.40. The number of ketones is 1. The smallest absolute Gasteiger partial charge is 0.296 e. The van der Waals surface area contributed by atoms with Gasteiger partial charge < -0.3 is 14.4 Å². The number of aliphatic hydroxyl groups is 1. The Morgan fingerprint density at radius 2 is 1.74 bits per heavy atom. The fourth-order valence-electron chi connectivity index (χ4n) is 3.79. The Hall–Kier alpha value is -3.67. The Morgan fingerprint density at radius 3 is 2.32 bits per heavy atom. The molecule has 2 aromatic heterocycles. The van der Waals surface area contributed by atoms with Crippen LogP contribution in [0.1, 0.15) is 49.3 Å². The third-order valence-corrected chi connectivity index (χ3v) is 5.49. The van der Waals surface area contributed by atoms with E-state index in [0.717, 1.165) is 11.1 Å². The minimum absolute atomic E-state index is 0.0362. The van der Waals surface area contributed by atoms with Gasteiger partial charge in [-0.2, -0.15) is 0 Å². The predicted octanol–water partition coefficient (Wildman–Crippen LogP) is 4.59. The fourth-order valence-corrected chi connectivity index (χ4v) is 3.79. The Morgan fingerprint density at radius 1 is 1.06 bits per heavy atom. The lowest BCUT2D eigenvalue weighted by Gasteiger charge is -2.26. The van der Waals surface area contributed by atoms with E-state index in [4.69, 9.17) is 4.42 Å². The van der Waals surface area contributed by atoms with Gasteiger partial charge in [-0.25, -0.2) is 0 Å². The zero-order valence-electron chi connectivity index (χ0n) is 17.7. The maximum atomic E-state index is 13.0. The molecule has 1 atom stereocenters. The molecular weight excluding hydrogens is 392 g/mol. The van der Waals surface area contributed by atoms with Crippen molar-refractivity contribution in [3.8, 4) is 0 Å². The van der Waals surface area contributed by atoms with Gasteiger partial charge in [0, 0.05) is 18.0 Å². The third-order valence-electron chi connectivity index (χ3n) is 5.49. The topological polar surface area (TPSA) is 83.6 Å². The molecule has 3 heterocycles. The van der Waals surface area contributed by atoms with Gasteiger partial charge in [0.05, 0.1) is 24.4 Å². The molecule has 1 unspecified atom stereocenters. The van der Waals surface area contributed by atoms with Gasteiger partial charge in [-0.15, -0.1) is 0 Å². The molecule has 1 aliphatic heterocycles. The normalized spacial score (nSPS) is 18.5. The molecule has 1 fully saturated rings. The number of furan rings is 1. The zero-order valence-corrected chi connectivity index (χ0v) is 17.7. The summed E-state index contributed by atoms with van der Waals surface area (Å²) in [6.07, 6.45) is 4.58. The molecule has 0 spiro atoms. The van der Waals surface area contributed by atoms with Gasteiger partial charge in [-0.1, -0.05) is 45.0 Å². The van der Waals surface area contributed by atoms with Gasteiger partial charge in [-0.3, -0.25) is 14.6 Å². The van der Waals surface area contributed by atoms with E-state index in [9.17, 15) is 14.7 Å². The second-order valence-corrected chi connectivity index (χ2v) is 8.61. The summed E-state index contributed by atoms with van der Waals surface area (Å²) in [6.45, 7) is 6.48. The summed E-state index contributed by atoms with van der Waals surface area (Å²) < 4.78 is 5.42. The first-order valence-corrected chi connectivity index (χ1v) is 10.1. The third kappa shape index (κ3) is 3.89. The Balaban J connectivity index is 1.85. The second-order valence-electron chi connectivity index (χ2n) is 8.61. The number of carbonyl (C=O) groups is 2. The number of nitrogens with zero attached hydrogens (tertiary/aromatic N) is 2. The van der Waals surface area contributed by atoms with Crippen molar-refractivity contribution in [2.45, 2.75) is 38.8 Å². The van der Waals surface area contributed by atoms with Crippen molar-refractivity contribution in [3.05, 3.63) is 95.2 Å². The molecule has 1 aromatic carbocycles. The maximum Gasteiger partial charge on any atom is 0.296 e. The molecule has 1 N–H and O–H groups in total. The van der Waals surface area contributed by atoms with Gasteiger partial charge >= 0.3 is 0 Å². The highest BCUT2D eigenvalue weighted by molar-refractivity contribution is 6.46. The Kier molecular flexibility index (Phi) is 5.23. The average molecular weight is 416 g/mol. The van der Waals surface area contributed by atoms with E-state index in [2.05, 4.69) is 25.8 Å². The molecule has 1 aliphatic rings. The van der Waals surface area contributed by atoms with Crippen LogP contribution in [0.25, 0.3) is 5.76 Å². The predicted molar refractivity (Wildman–Crippen MR) is 116 cm³/mol. The summed E-state index contributed by atoms with van der Waals surface area (Å²) in [4.78, 5) is 31.4. The number of benzene rings is 1. The van der Waals surface area contributed by atoms with Gasteiger partial charge in [-0.05, 0) is 40.8 Å². The highest BCUT2D eigenvalue weighted by Gasteiger charge is 2.46. The molecule has 0 saturated carbocycles. The molecule has 3 aromatic rings. The van der Waals surface area contributed by atoms with Crippen molar-refractivity contribution >= 4 is 17.4 Å². The van der Waals surface area contributed by atoms with E-state index in [1.54, 1.807) is 24.3 Å². The van der Waals surface area contributed by atoms with Crippen molar-refractivity contribution in [2.75, 3.05) is 0 Å². The minimum atomic E-state index is -0.729. The average Bonchev–Trinajstić information content (AvgIpc) is 3.36. The molecule has 4 rings (SSSR count). The molecule has 0 aliphatic carbocycles. The molecule has 1 saturated heterocycles. The number of carbonyl (C=O) groups excluding carboxylic acids is 2. The number of hydrogen-bond acceptors (Lipinski definition) is 5. The number of rotatable bonds is 4. The number of Topliss-reactive ketones (excluding diaryl/α,β-unsaturated/α-hetero) is 1. The summed E-state index contributed by atoms with van der Waals surface area (Å²) in [5.74, 6) is -1.04. The molecule has 1 amide bonds. The summed E-state index contributed by atoms with van der Waals surface area (Å²) in [6, 6.07) is 13.8. The summed E-state index contributed by atoms with van der Waals surface area (Å²) in [7, 11) is 0. The van der Waals surface area contributed by atoms with E-state index >= 15 is 0 Å². The Bertz CT molecular complexity index is 1120. The first-order chi connectivity index (χ1) is 14.8. The summed E-state index contributed by atoms with van der Waals surface area (Å²) in [5.41, 5.74) is 2.34. The zero-order chi connectivity index (χ0) is 22.2.